The summed E-state index contributed by atoms with van der Waals surface area (Å²) >= 11 is 0. The Morgan fingerprint density at radius 3 is 1.43 bits per heavy atom. The largest absolute Gasteiger partial charge is 0.466 e. The van der Waals surface area contributed by atoms with Crippen LogP contribution in [0.2, 0.25) is 0 Å². The summed E-state index contributed by atoms with van der Waals surface area (Å²) in [6.07, 6.45) is 3.34. The summed E-state index contributed by atoms with van der Waals surface area (Å²) in [6.45, 7) is 9.03. The summed E-state index contributed by atoms with van der Waals surface area (Å²) in [7, 11) is 0. The van der Waals surface area contributed by atoms with E-state index in [0.717, 1.165) is 58.0 Å². The van der Waals surface area contributed by atoms with Gasteiger partial charge in [-0.15, -0.1) is 0 Å². The number of rotatable bonds is 9. The number of pyridine rings is 2. The third-order valence-corrected chi connectivity index (χ3v) is 13.1. The number of fused-ring (bicyclic) bond motifs is 10. The molecule has 0 saturated carbocycles. The first-order valence-corrected chi connectivity index (χ1v) is 20.4. The van der Waals surface area contributed by atoms with Gasteiger partial charge in [-0.2, -0.15) is 0 Å². The molecular formula is C52H46N2O2. The van der Waals surface area contributed by atoms with Gasteiger partial charge in [-0.3, -0.25) is 4.79 Å². The van der Waals surface area contributed by atoms with E-state index in [0.29, 0.717) is 18.9 Å². The van der Waals surface area contributed by atoms with Crippen molar-refractivity contribution >= 4 is 49.3 Å². The van der Waals surface area contributed by atoms with Gasteiger partial charge in [-0.1, -0.05) is 112 Å². The molecule has 8 aromatic rings. The summed E-state index contributed by atoms with van der Waals surface area (Å²) in [5.74, 6) is -0.102. The molecule has 0 fully saturated rings. The van der Waals surface area contributed by atoms with Crippen LogP contribution in [0.15, 0.2) is 133 Å². The van der Waals surface area contributed by atoms with Crippen LogP contribution < -0.4 is 0 Å². The number of ether oxygens (including phenoxy) is 1. The van der Waals surface area contributed by atoms with Crippen LogP contribution in [0, 0.1) is 11.8 Å². The van der Waals surface area contributed by atoms with Crippen molar-refractivity contribution in [2.24, 2.45) is 11.8 Å². The van der Waals surface area contributed by atoms with Crippen LogP contribution in [0.3, 0.4) is 0 Å². The van der Waals surface area contributed by atoms with Gasteiger partial charge in [0.1, 0.15) is 0 Å². The Morgan fingerprint density at radius 2 is 0.964 bits per heavy atom. The van der Waals surface area contributed by atoms with Crippen molar-refractivity contribution in [2.75, 3.05) is 6.61 Å². The number of para-hydroxylation sites is 2. The molecule has 10 rings (SSSR count). The number of aromatic nitrogens is 2. The first-order chi connectivity index (χ1) is 27.3. The van der Waals surface area contributed by atoms with Gasteiger partial charge in [0.25, 0.3) is 0 Å². The number of esters is 1. The topological polar surface area (TPSA) is 52.1 Å². The van der Waals surface area contributed by atoms with Crippen molar-refractivity contribution in [1.82, 2.24) is 9.97 Å². The maximum atomic E-state index is 13.9. The van der Waals surface area contributed by atoms with E-state index in [9.17, 15) is 4.79 Å². The third kappa shape index (κ3) is 5.22. The first-order valence-electron chi connectivity index (χ1n) is 20.4. The average molecular weight is 731 g/mol. The van der Waals surface area contributed by atoms with Gasteiger partial charge >= 0.3 is 5.97 Å². The summed E-state index contributed by atoms with van der Waals surface area (Å²) < 4.78 is 5.80. The fourth-order valence-electron chi connectivity index (χ4n) is 10.4. The number of carbonyl (C=O) groups is 1. The Balaban J connectivity index is 1.34. The van der Waals surface area contributed by atoms with Crippen LogP contribution in [0.25, 0.3) is 65.9 Å². The summed E-state index contributed by atoms with van der Waals surface area (Å²) in [5, 5.41) is 7.09. The summed E-state index contributed by atoms with van der Waals surface area (Å²) in [5.41, 5.74) is 10.5. The normalized spacial score (nSPS) is 19.1. The van der Waals surface area contributed by atoms with Gasteiger partial charge in [0.2, 0.25) is 0 Å². The number of nitrogens with zero attached hydrogens (tertiary/aromatic N) is 2. The first kappa shape index (κ1) is 34.6. The van der Waals surface area contributed by atoms with Crippen LogP contribution in [0.1, 0.15) is 75.6 Å². The molecule has 56 heavy (non-hydrogen) atoms. The Hall–Kier alpha value is -5.87. The van der Waals surface area contributed by atoms with Crippen LogP contribution in [0.4, 0.5) is 0 Å². The molecule has 0 N–H and O–H groups in total. The second kappa shape index (κ2) is 13.1. The number of benzene rings is 6. The predicted octanol–water partition coefficient (Wildman–Crippen LogP) is 12.7. The van der Waals surface area contributed by atoms with E-state index < -0.39 is 10.8 Å². The zero-order valence-corrected chi connectivity index (χ0v) is 32.6. The molecule has 4 atom stereocenters. The molecule has 2 heterocycles. The maximum absolute atomic E-state index is 13.9. The van der Waals surface area contributed by atoms with Gasteiger partial charge in [-0.25, -0.2) is 9.97 Å². The number of carbonyl (C=O) groups excluding carboxylic acids is 1. The molecule has 0 saturated heterocycles. The molecule has 4 heteroatoms. The predicted molar refractivity (Wildman–Crippen MR) is 230 cm³/mol. The maximum Gasteiger partial charge on any atom is 0.308 e. The molecule has 0 spiro atoms. The highest BCUT2D eigenvalue weighted by atomic mass is 16.5. The minimum atomic E-state index is -0.596. The molecule has 0 amide bonds. The SMILES string of the molecule is CCOC(=O)C(C)CC1(CC2(CC(C)CC)c3cc4ccccc4cc3-c3nc4ccccc4cc32)c2cc3ccccc3cc2-c2nc3ccccc3cc21. The third-order valence-electron chi connectivity index (χ3n) is 13.1. The van der Waals surface area contributed by atoms with E-state index in [1.54, 1.807) is 0 Å². The summed E-state index contributed by atoms with van der Waals surface area (Å²) in [6, 6.07) is 48.9. The molecule has 276 valence electrons. The fourth-order valence-corrected chi connectivity index (χ4v) is 10.4. The fraction of sp³-hybridized carbons (Fsp3) is 0.250. The van der Waals surface area contributed by atoms with Crippen molar-refractivity contribution in [3.05, 3.63) is 156 Å². The zero-order valence-electron chi connectivity index (χ0n) is 32.6. The Labute approximate surface area is 328 Å². The lowest BCUT2D eigenvalue weighted by Crippen LogP contribution is -2.41. The lowest BCUT2D eigenvalue weighted by molar-refractivity contribution is -0.148. The lowest BCUT2D eigenvalue weighted by atomic mass is 9.58. The van der Waals surface area contributed by atoms with Crippen molar-refractivity contribution < 1.29 is 9.53 Å². The van der Waals surface area contributed by atoms with Gasteiger partial charge in [0, 0.05) is 32.7 Å². The van der Waals surface area contributed by atoms with Crippen LogP contribution in [-0.4, -0.2) is 22.5 Å². The van der Waals surface area contributed by atoms with Crippen molar-refractivity contribution in [3.63, 3.8) is 0 Å². The van der Waals surface area contributed by atoms with E-state index in [1.807, 2.05) is 6.92 Å². The van der Waals surface area contributed by atoms with Gasteiger partial charge < -0.3 is 4.74 Å². The minimum absolute atomic E-state index is 0.154. The van der Waals surface area contributed by atoms with Gasteiger partial charge in [0.05, 0.1) is 34.9 Å². The second-order valence-corrected chi connectivity index (χ2v) is 16.6. The molecule has 0 bridgehead atoms. The van der Waals surface area contributed by atoms with E-state index in [2.05, 4.69) is 154 Å². The molecule has 4 nitrogen and oxygen atoms in total. The Bertz CT molecular complexity index is 2700. The van der Waals surface area contributed by atoms with E-state index >= 15 is 0 Å². The van der Waals surface area contributed by atoms with Crippen LogP contribution in [0.5, 0.6) is 0 Å². The smallest absolute Gasteiger partial charge is 0.308 e. The molecule has 0 aliphatic heterocycles. The minimum Gasteiger partial charge on any atom is -0.466 e. The number of hydrogen-bond acceptors (Lipinski definition) is 4. The Morgan fingerprint density at radius 1 is 0.554 bits per heavy atom. The van der Waals surface area contributed by atoms with Crippen molar-refractivity contribution in [2.45, 2.75) is 64.2 Å². The van der Waals surface area contributed by atoms with Crippen molar-refractivity contribution in [3.8, 4) is 22.5 Å². The van der Waals surface area contributed by atoms with Crippen LogP contribution in [-0.2, 0) is 20.4 Å². The van der Waals surface area contributed by atoms with Crippen molar-refractivity contribution in [1.29, 1.82) is 0 Å². The monoisotopic (exact) mass is 730 g/mol. The van der Waals surface area contributed by atoms with Gasteiger partial charge in [0.15, 0.2) is 0 Å². The number of hydrogen-bond donors (Lipinski definition) is 0. The zero-order chi connectivity index (χ0) is 38.2. The lowest BCUT2D eigenvalue weighted by Gasteiger charge is -2.44. The second-order valence-electron chi connectivity index (χ2n) is 16.6. The molecule has 4 unspecified atom stereocenters. The standard InChI is InChI=1S/C52H46N2O2/c1-5-32(3)29-51(42-25-36-17-9-7-15-34(36)23-40(42)48-44(51)27-38-19-11-13-21-46(38)53-48)31-52(30-33(4)50(55)56-6-2)43-26-37-18-10-8-16-35(37)24-41(43)49-45(52)28-39-20-12-14-22-47(39)54-49/h7-28,32-33H,5-6,29-31H2,1-4H3. The van der Waals surface area contributed by atoms with E-state index in [4.69, 9.17) is 14.7 Å². The van der Waals surface area contributed by atoms with E-state index in [-0.39, 0.29) is 11.9 Å². The Kier molecular flexibility index (Phi) is 8.11. The molecule has 2 aliphatic carbocycles. The average Bonchev–Trinajstić information content (AvgIpc) is 3.61. The molecular weight excluding hydrogens is 685 g/mol. The molecule has 6 aromatic carbocycles. The molecule has 2 aromatic heterocycles. The van der Waals surface area contributed by atoms with Gasteiger partial charge in [-0.05, 0) is 124 Å². The highest BCUT2D eigenvalue weighted by Gasteiger charge is 2.55. The quantitative estimate of drug-likeness (QED) is 0.139. The molecule has 0 radical (unpaired) electrons. The summed E-state index contributed by atoms with van der Waals surface area (Å²) in [4.78, 5) is 24.9. The van der Waals surface area contributed by atoms with Crippen LogP contribution >= 0.6 is 0 Å². The highest BCUT2D eigenvalue weighted by molar-refractivity contribution is 5.98. The van der Waals surface area contributed by atoms with E-state index in [1.165, 1.54) is 49.4 Å². The highest BCUT2D eigenvalue weighted by Crippen LogP contribution is 2.63. The molecule has 2 aliphatic rings.